The third-order valence-corrected chi connectivity index (χ3v) is 3.40. The minimum Gasteiger partial charge on any atom is -0.383 e. The van der Waals surface area contributed by atoms with Gasteiger partial charge in [-0.2, -0.15) is 0 Å². The van der Waals surface area contributed by atoms with Gasteiger partial charge in [-0.1, -0.05) is 17.7 Å². The van der Waals surface area contributed by atoms with Gasteiger partial charge < -0.3 is 15.4 Å². The van der Waals surface area contributed by atoms with Crippen LogP contribution in [0.1, 0.15) is 16.1 Å². The van der Waals surface area contributed by atoms with Crippen LogP contribution in [0.15, 0.2) is 30.5 Å². The van der Waals surface area contributed by atoms with Gasteiger partial charge in [0.1, 0.15) is 5.69 Å². The van der Waals surface area contributed by atoms with Crippen LogP contribution in [-0.4, -0.2) is 36.1 Å². The minimum absolute atomic E-state index is 0.272. The van der Waals surface area contributed by atoms with E-state index in [1.165, 1.54) is 6.20 Å². The van der Waals surface area contributed by atoms with Crippen LogP contribution in [0.2, 0.25) is 5.02 Å². The van der Waals surface area contributed by atoms with Crippen molar-refractivity contribution < 1.29 is 9.53 Å². The number of hydrogen-bond acceptors (Lipinski definition) is 5. The quantitative estimate of drug-likeness (QED) is 0.800. The van der Waals surface area contributed by atoms with Gasteiger partial charge in [-0.3, -0.25) is 4.79 Å². The lowest BCUT2D eigenvalue weighted by atomic mass is 10.2. The summed E-state index contributed by atoms with van der Waals surface area (Å²) >= 11 is 6.04. The van der Waals surface area contributed by atoms with Crippen LogP contribution in [0.4, 0.5) is 11.6 Å². The van der Waals surface area contributed by atoms with E-state index in [0.717, 1.165) is 5.56 Å². The summed E-state index contributed by atoms with van der Waals surface area (Å²) in [6, 6.07) is 6.90. The van der Waals surface area contributed by atoms with E-state index in [9.17, 15) is 4.79 Å². The largest absolute Gasteiger partial charge is 0.383 e. The first-order valence-corrected chi connectivity index (χ1v) is 7.12. The van der Waals surface area contributed by atoms with Crippen molar-refractivity contribution in [2.24, 2.45) is 0 Å². The fourth-order valence-corrected chi connectivity index (χ4v) is 1.94. The number of methoxy groups -OCH3 is 1. The van der Waals surface area contributed by atoms with Gasteiger partial charge in [0.25, 0.3) is 5.91 Å². The maximum absolute atomic E-state index is 12.3. The predicted molar refractivity (Wildman–Crippen MR) is 86.5 cm³/mol. The van der Waals surface area contributed by atoms with Gasteiger partial charge >= 0.3 is 0 Å². The molecule has 0 fully saturated rings. The molecule has 2 N–H and O–H groups in total. The van der Waals surface area contributed by atoms with Gasteiger partial charge in [-0.15, -0.1) is 0 Å². The Bertz CT molecular complexity index is 664. The third kappa shape index (κ3) is 4.16. The lowest BCUT2D eigenvalue weighted by Gasteiger charge is -2.10. The van der Waals surface area contributed by atoms with Crippen molar-refractivity contribution in [3.63, 3.8) is 0 Å². The highest BCUT2D eigenvalue weighted by Crippen LogP contribution is 2.23. The minimum atomic E-state index is -0.317. The Labute approximate surface area is 133 Å². The van der Waals surface area contributed by atoms with Crippen molar-refractivity contribution in [3.8, 4) is 0 Å². The molecule has 0 aliphatic heterocycles. The van der Waals surface area contributed by atoms with Crippen molar-refractivity contribution in [1.29, 1.82) is 0 Å². The Hall–Kier alpha value is -2.18. The molecule has 1 amide bonds. The molecule has 2 rings (SSSR count). The molecule has 0 aliphatic carbocycles. The number of amides is 1. The second-order valence-electron chi connectivity index (χ2n) is 4.55. The van der Waals surface area contributed by atoms with Crippen LogP contribution in [0.5, 0.6) is 0 Å². The number of ether oxygens (including phenoxy) is 1. The molecule has 22 heavy (non-hydrogen) atoms. The van der Waals surface area contributed by atoms with Gasteiger partial charge in [-0.25, -0.2) is 9.97 Å². The molecule has 0 spiro atoms. The molecule has 0 aliphatic rings. The Morgan fingerprint density at radius 2 is 2.18 bits per heavy atom. The summed E-state index contributed by atoms with van der Waals surface area (Å²) in [6.07, 6.45) is 1.53. The van der Waals surface area contributed by atoms with Gasteiger partial charge in [0, 0.05) is 30.6 Å². The van der Waals surface area contributed by atoms with Crippen molar-refractivity contribution in [3.05, 3.63) is 46.7 Å². The van der Waals surface area contributed by atoms with E-state index >= 15 is 0 Å². The zero-order valence-corrected chi connectivity index (χ0v) is 13.1. The number of anilines is 2. The standard InChI is InChI=1S/C15H17ClN4O2/c1-10-11(16)4-3-5-12(10)19-14(21)13-6-7-17-15(20-13)18-8-9-22-2/h3-7H,8-9H2,1-2H3,(H,19,21)(H,17,18,20). The van der Waals surface area contributed by atoms with E-state index in [1.807, 2.05) is 6.92 Å². The maximum Gasteiger partial charge on any atom is 0.274 e. The molecule has 0 saturated heterocycles. The highest BCUT2D eigenvalue weighted by Gasteiger charge is 2.11. The zero-order chi connectivity index (χ0) is 15.9. The second kappa shape index (κ2) is 7.72. The Morgan fingerprint density at radius 3 is 2.95 bits per heavy atom. The van der Waals surface area contributed by atoms with Crippen LogP contribution in [-0.2, 0) is 4.74 Å². The monoisotopic (exact) mass is 320 g/mol. The van der Waals surface area contributed by atoms with Crippen molar-refractivity contribution in [2.45, 2.75) is 6.92 Å². The summed E-state index contributed by atoms with van der Waals surface area (Å²) in [5.74, 6) is 0.0649. The molecular weight excluding hydrogens is 304 g/mol. The normalized spacial score (nSPS) is 10.3. The molecule has 1 heterocycles. The number of benzene rings is 1. The molecule has 0 saturated carbocycles. The number of rotatable bonds is 6. The number of carbonyl (C=O) groups excluding carboxylic acids is 1. The predicted octanol–water partition coefficient (Wildman–Crippen LogP) is 2.75. The smallest absolute Gasteiger partial charge is 0.274 e. The average molecular weight is 321 g/mol. The first-order valence-electron chi connectivity index (χ1n) is 6.74. The Balaban J connectivity index is 2.09. The van der Waals surface area contributed by atoms with Crippen molar-refractivity contribution in [1.82, 2.24) is 9.97 Å². The number of nitrogens with zero attached hydrogens (tertiary/aromatic N) is 2. The van der Waals surface area contributed by atoms with Crippen LogP contribution in [0.25, 0.3) is 0 Å². The highest BCUT2D eigenvalue weighted by molar-refractivity contribution is 6.31. The Morgan fingerprint density at radius 1 is 1.36 bits per heavy atom. The van der Waals surface area contributed by atoms with E-state index in [1.54, 1.807) is 31.4 Å². The maximum atomic E-state index is 12.3. The van der Waals surface area contributed by atoms with Crippen LogP contribution in [0.3, 0.4) is 0 Å². The summed E-state index contributed by atoms with van der Waals surface area (Å²) in [5, 5.41) is 6.37. The second-order valence-corrected chi connectivity index (χ2v) is 4.96. The molecule has 116 valence electrons. The zero-order valence-electron chi connectivity index (χ0n) is 12.4. The van der Waals surface area contributed by atoms with E-state index in [2.05, 4.69) is 20.6 Å². The molecular formula is C15H17ClN4O2. The van der Waals surface area contributed by atoms with Crippen molar-refractivity contribution in [2.75, 3.05) is 30.9 Å². The molecule has 2 aromatic rings. The van der Waals surface area contributed by atoms with Crippen molar-refractivity contribution >= 4 is 29.1 Å². The molecule has 0 unspecified atom stereocenters. The molecule has 0 radical (unpaired) electrons. The highest BCUT2D eigenvalue weighted by atomic mass is 35.5. The van der Waals surface area contributed by atoms with Crippen LogP contribution >= 0.6 is 11.6 Å². The fraction of sp³-hybridized carbons (Fsp3) is 0.267. The average Bonchev–Trinajstić information content (AvgIpc) is 2.52. The molecule has 1 aromatic heterocycles. The first-order chi connectivity index (χ1) is 10.6. The summed E-state index contributed by atoms with van der Waals surface area (Å²) in [5.41, 5.74) is 1.74. The third-order valence-electron chi connectivity index (χ3n) is 2.99. The molecule has 0 bridgehead atoms. The van der Waals surface area contributed by atoms with Gasteiger partial charge in [0.15, 0.2) is 0 Å². The summed E-state index contributed by atoms with van der Waals surface area (Å²) in [6.45, 7) is 2.94. The summed E-state index contributed by atoms with van der Waals surface area (Å²) in [4.78, 5) is 20.5. The number of aromatic nitrogens is 2. The van der Waals surface area contributed by atoms with E-state index in [-0.39, 0.29) is 11.6 Å². The van der Waals surface area contributed by atoms with Gasteiger partial charge in [0.05, 0.1) is 6.61 Å². The number of halogens is 1. The van der Waals surface area contributed by atoms with Crippen LogP contribution < -0.4 is 10.6 Å². The summed E-state index contributed by atoms with van der Waals surface area (Å²) < 4.78 is 4.93. The van der Waals surface area contributed by atoms with Crippen LogP contribution in [0, 0.1) is 6.92 Å². The topological polar surface area (TPSA) is 76.1 Å². The van der Waals surface area contributed by atoms with Gasteiger partial charge in [0.2, 0.25) is 5.95 Å². The van der Waals surface area contributed by atoms with Gasteiger partial charge in [-0.05, 0) is 30.7 Å². The molecule has 0 atom stereocenters. The molecule has 6 nitrogen and oxygen atoms in total. The first kappa shape index (κ1) is 16.2. The number of nitrogens with one attached hydrogen (secondary N) is 2. The lowest BCUT2D eigenvalue weighted by molar-refractivity contribution is 0.102. The van der Waals surface area contributed by atoms with E-state index < -0.39 is 0 Å². The van der Waals surface area contributed by atoms with E-state index in [0.29, 0.717) is 29.8 Å². The SMILES string of the molecule is COCCNc1nccc(C(=O)Nc2cccc(Cl)c2C)n1. The summed E-state index contributed by atoms with van der Waals surface area (Å²) in [7, 11) is 1.61. The molecule has 7 heteroatoms. The lowest BCUT2D eigenvalue weighted by Crippen LogP contribution is -2.17. The van der Waals surface area contributed by atoms with E-state index in [4.69, 9.17) is 16.3 Å². The number of hydrogen-bond donors (Lipinski definition) is 2. The number of carbonyl (C=O) groups is 1. The fourth-order valence-electron chi connectivity index (χ4n) is 1.76. The molecule has 1 aromatic carbocycles. The Kier molecular flexibility index (Phi) is 5.68.